The number of fused-ring (bicyclic) bond motifs is 2. The average molecular weight is 538 g/mol. The number of nitrogens with one attached hydrogen (secondary N) is 1. The van der Waals surface area contributed by atoms with Gasteiger partial charge in [-0.1, -0.05) is 37.5 Å². The number of allylic oxidation sites excluding steroid dienone is 1. The molecule has 4 heterocycles. The highest BCUT2D eigenvalue weighted by Gasteiger charge is 2.31. The number of amides is 1. The molecule has 0 unspecified atom stereocenters. The monoisotopic (exact) mass is 537 g/mol. The van der Waals surface area contributed by atoms with Crippen LogP contribution in [-0.2, 0) is 4.79 Å². The summed E-state index contributed by atoms with van der Waals surface area (Å²) in [5, 5.41) is 14.5. The normalized spacial score (nSPS) is 23.2. The number of aliphatic imine (C=N–C) groups is 1. The number of aromatic nitrogens is 2. The van der Waals surface area contributed by atoms with Crippen molar-refractivity contribution in [3.8, 4) is 5.69 Å². The van der Waals surface area contributed by atoms with Crippen LogP contribution in [0.15, 0.2) is 64.0 Å². The lowest BCUT2D eigenvalue weighted by Gasteiger charge is -2.41. The average Bonchev–Trinajstić information content (AvgIpc) is 3.62. The number of carbonyl (C=O) groups is 1. The van der Waals surface area contributed by atoms with Crippen molar-refractivity contribution in [1.29, 1.82) is 0 Å². The molecule has 208 valence electrons. The van der Waals surface area contributed by atoms with Crippen molar-refractivity contribution in [2.45, 2.75) is 82.1 Å². The van der Waals surface area contributed by atoms with Crippen LogP contribution in [-0.4, -0.2) is 63.7 Å². The van der Waals surface area contributed by atoms with E-state index in [2.05, 4.69) is 50.6 Å². The van der Waals surface area contributed by atoms with Crippen molar-refractivity contribution in [3.63, 3.8) is 0 Å². The van der Waals surface area contributed by atoms with Crippen LogP contribution in [0.2, 0.25) is 0 Å². The van der Waals surface area contributed by atoms with E-state index in [9.17, 15) is 4.79 Å². The Kier molecular flexibility index (Phi) is 7.10. The minimum atomic E-state index is -0.199. The third-order valence-electron chi connectivity index (χ3n) is 9.44. The van der Waals surface area contributed by atoms with E-state index in [-0.39, 0.29) is 5.91 Å². The molecule has 5 aliphatic rings. The second kappa shape index (κ2) is 11.2. The number of benzene rings is 1. The Bertz CT molecular complexity index is 1350. The highest BCUT2D eigenvalue weighted by molar-refractivity contribution is 6.18. The van der Waals surface area contributed by atoms with Gasteiger partial charge in [-0.25, -0.2) is 4.68 Å². The number of carbonyl (C=O) groups excluding carboxylic acids is 1. The second-order valence-electron chi connectivity index (χ2n) is 11.9. The molecule has 1 aromatic heterocycles. The van der Waals surface area contributed by atoms with Gasteiger partial charge < -0.3 is 10.2 Å². The zero-order valence-corrected chi connectivity index (χ0v) is 23.2. The molecule has 3 fully saturated rings. The maximum Gasteiger partial charge on any atom is 0.260 e. The molecule has 8 heteroatoms. The first-order chi connectivity index (χ1) is 19.7. The molecule has 2 saturated carbocycles. The largest absolute Gasteiger partial charge is 0.306 e. The van der Waals surface area contributed by atoms with Crippen LogP contribution in [0.3, 0.4) is 0 Å². The maximum absolute atomic E-state index is 13.6. The SMILES string of the molecule is O=C(Nc1cc(C2CCN(C3CCC3)CC2)nn1-c1ccc(C2CCCC2)cc1)C1=C2CN(/C=C\CC=N2)N=C1. The van der Waals surface area contributed by atoms with E-state index in [0.29, 0.717) is 29.8 Å². The number of piperidine rings is 1. The van der Waals surface area contributed by atoms with E-state index >= 15 is 0 Å². The predicted molar refractivity (Wildman–Crippen MR) is 159 cm³/mol. The summed E-state index contributed by atoms with van der Waals surface area (Å²) in [6, 6.07) is 11.7. The Balaban J connectivity index is 1.16. The summed E-state index contributed by atoms with van der Waals surface area (Å²) in [6.45, 7) is 2.75. The highest BCUT2D eigenvalue weighted by atomic mass is 16.1. The molecule has 1 aromatic carbocycles. The van der Waals surface area contributed by atoms with Crippen molar-refractivity contribution >= 4 is 24.2 Å². The van der Waals surface area contributed by atoms with Crippen LogP contribution >= 0.6 is 0 Å². The van der Waals surface area contributed by atoms with Crippen LogP contribution in [0.1, 0.15) is 87.3 Å². The van der Waals surface area contributed by atoms with Gasteiger partial charge in [-0.2, -0.15) is 10.2 Å². The molecule has 40 heavy (non-hydrogen) atoms. The van der Waals surface area contributed by atoms with Crippen molar-refractivity contribution in [2.75, 3.05) is 25.0 Å². The second-order valence-corrected chi connectivity index (χ2v) is 11.9. The smallest absolute Gasteiger partial charge is 0.260 e. The van der Waals surface area contributed by atoms with Gasteiger partial charge in [0, 0.05) is 36.9 Å². The summed E-state index contributed by atoms with van der Waals surface area (Å²) in [6.07, 6.45) is 19.6. The van der Waals surface area contributed by atoms with E-state index in [1.54, 1.807) is 6.21 Å². The summed E-state index contributed by atoms with van der Waals surface area (Å²) in [7, 11) is 0. The fraction of sp³-hybridized carbons (Fsp3) is 0.500. The van der Waals surface area contributed by atoms with E-state index in [1.807, 2.05) is 28.2 Å². The summed E-state index contributed by atoms with van der Waals surface area (Å²) in [5.41, 5.74) is 4.69. The first-order valence-electron chi connectivity index (χ1n) is 15.2. The lowest BCUT2D eigenvalue weighted by atomic mass is 9.87. The molecule has 2 aliphatic carbocycles. The van der Waals surface area contributed by atoms with E-state index < -0.39 is 0 Å². The number of likely N-dealkylation sites (tertiary alicyclic amines) is 1. The molecule has 2 bridgehead atoms. The van der Waals surface area contributed by atoms with Crippen LogP contribution in [0, 0.1) is 0 Å². The Labute approximate surface area is 236 Å². The predicted octanol–water partition coefficient (Wildman–Crippen LogP) is 5.74. The Morgan fingerprint density at radius 3 is 2.48 bits per heavy atom. The van der Waals surface area contributed by atoms with Gasteiger partial charge in [0.1, 0.15) is 5.82 Å². The highest BCUT2D eigenvalue weighted by Crippen LogP contribution is 2.36. The van der Waals surface area contributed by atoms with Gasteiger partial charge in [0.2, 0.25) is 0 Å². The van der Waals surface area contributed by atoms with Gasteiger partial charge in [0.05, 0.1) is 35.4 Å². The lowest BCUT2D eigenvalue weighted by molar-refractivity contribution is -0.112. The van der Waals surface area contributed by atoms with Crippen LogP contribution in [0.5, 0.6) is 0 Å². The van der Waals surface area contributed by atoms with E-state index in [4.69, 9.17) is 5.10 Å². The number of nitrogens with zero attached hydrogens (tertiary/aromatic N) is 6. The molecule has 1 N–H and O–H groups in total. The van der Waals surface area contributed by atoms with Gasteiger partial charge >= 0.3 is 0 Å². The molecule has 1 amide bonds. The number of hydrazone groups is 1. The van der Waals surface area contributed by atoms with E-state index in [0.717, 1.165) is 55.5 Å². The van der Waals surface area contributed by atoms with Gasteiger partial charge in [-0.05, 0) is 75.2 Å². The zero-order chi connectivity index (χ0) is 26.9. The van der Waals surface area contributed by atoms with Gasteiger partial charge in [-0.3, -0.25) is 14.8 Å². The quantitative estimate of drug-likeness (QED) is 0.509. The lowest BCUT2D eigenvalue weighted by Crippen LogP contribution is -2.44. The third-order valence-corrected chi connectivity index (χ3v) is 9.44. The van der Waals surface area contributed by atoms with E-state index in [1.165, 1.54) is 50.5 Å². The van der Waals surface area contributed by atoms with Crippen LogP contribution in [0.4, 0.5) is 5.82 Å². The van der Waals surface area contributed by atoms with Gasteiger partial charge in [0.15, 0.2) is 0 Å². The Morgan fingerprint density at radius 1 is 0.925 bits per heavy atom. The Morgan fingerprint density at radius 2 is 1.73 bits per heavy atom. The molecule has 8 nitrogen and oxygen atoms in total. The summed E-state index contributed by atoms with van der Waals surface area (Å²) in [5.74, 6) is 1.57. The van der Waals surface area contributed by atoms with Crippen molar-refractivity contribution in [2.24, 2.45) is 10.1 Å². The van der Waals surface area contributed by atoms with Crippen molar-refractivity contribution in [1.82, 2.24) is 19.7 Å². The van der Waals surface area contributed by atoms with Crippen molar-refractivity contribution in [3.05, 3.63) is 65.1 Å². The van der Waals surface area contributed by atoms with Crippen molar-refractivity contribution < 1.29 is 4.79 Å². The summed E-state index contributed by atoms with van der Waals surface area (Å²) < 4.78 is 1.92. The number of hydrogen-bond donors (Lipinski definition) is 1. The minimum absolute atomic E-state index is 0.199. The molecule has 0 radical (unpaired) electrons. The fourth-order valence-electron chi connectivity index (χ4n) is 6.81. The molecule has 3 aliphatic heterocycles. The van der Waals surface area contributed by atoms with Gasteiger partial charge in [0.25, 0.3) is 5.91 Å². The Hall–Kier alpha value is -3.52. The summed E-state index contributed by atoms with van der Waals surface area (Å²) in [4.78, 5) is 20.8. The zero-order valence-electron chi connectivity index (χ0n) is 23.2. The van der Waals surface area contributed by atoms with Crippen LogP contribution in [0.25, 0.3) is 5.69 Å². The topological polar surface area (TPSA) is 78.1 Å². The molecule has 0 atom stereocenters. The molecule has 7 rings (SSSR count). The molecular weight excluding hydrogens is 498 g/mol. The maximum atomic E-state index is 13.6. The number of hydrogen-bond acceptors (Lipinski definition) is 6. The van der Waals surface area contributed by atoms with Gasteiger partial charge in [-0.15, -0.1) is 0 Å². The first-order valence-corrected chi connectivity index (χ1v) is 15.2. The number of anilines is 1. The first kappa shape index (κ1) is 25.4. The molecule has 0 spiro atoms. The standard InChI is InChI=1S/C32H39N7O/c40-32(28-21-34-38-17-4-3-16-33-30(28)22-38)35-31-20-29(25-14-18-37(19-15-25)26-8-5-9-26)36-39(31)27-12-10-24(11-13-27)23-6-1-2-7-23/h4,10-13,16-17,20-21,23,25-26H,1-3,5-9,14-15,18-19,22H2,(H,35,40)/b17-4-,33-16?. The third kappa shape index (κ3) is 5.17. The minimum Gasteiger partial charge on any atom is -0.306 e. The fourth-order valence-corrected chi connectivity index (χ4v) is 6.81. The van der Waals surface area contributed by atoms with Crippen LogP contribution < -0.4 is 5.32 Å². The number of rotatable bonds is 6. The molecule has 1 saturated heterocycles. The molecular formula is C32H39N7O. The summed E-state index contributed by atoms with van der Waals surface area (Å²) >= 11 is 0. The molecule has 2 aromatic rings.